The average Bonchev–Trinajstić information content (AvgIpc) is 3.19. The molecule has 1 aliphatic rings. The molecule has 3 aromatic rings. The maximum Gasteiger partial charge on any atom is 0.336 e. The van der Waals surface area contributed by atoms with Crippen LogP contribution in [-0.4, -0.2) is 23.7 Å². The smallest absolute Gasteiger partial charge is 0.336 e. The second-order valence-electron chi connectivity index (χ2n) is 7.85. The van der Waals surface area contributed by atoms with Crippen LogP contribution >= 0.6 is 0 Å². The minimum absolute atomic E-state index is 0.147. The number of esters is 1. The molecule has 0 N–H and O–H groups in total. The summed E-state index contributed by atoms with van der Waals surface area (Å²) in [4.78, 5) is 26.2. The standard InChI is InChI=1S/C23H25NO6/c1-14(2)29-20(25)7-6-16-10-18-15(3)9-21(26)30-23(18)19-12-24(13-28-22(16)19)11-17-5-4-8-27-17/h4-5,8-10,14H,6-7,11-13H2,1-3H3. The van der Waals surface area contributed by atoms with Gasteiger partial charge in [0.25, 0.3) is 0 Å². The van der Waals surface area contributed by atoms with Crippen LogP contribution in [0.2, 0.25) is 0 Å². The number of aryl methyl sites for hydroxylation is 2. The Balaban J connectivity index is 1.70. The second kappa shape index (κ2) is 8.36. The summed E-state index contributed by atoms with van der Waals surface area (Å²) in [6.07, 6.45) is 2.23. The van der Waals surface area contributed by atoms with Crippen LogP contribution in [0.5, 0.6) is 5.75 Å². The summed E-state index contributed by atoms with van der Waals surface area (Å²) in [7, 11) is 0. The average molecular weight is 411 g/mol. The highest BCUT2D eigenvalue weighted by Crippen LogP contribution is 2.37. The lowest BCUT2D eigenvalue weighted by atomic mass is 9.97. The van der Waals surface area contributed by atoms with Gasteiger partial charge in [-0.3, -0.25) is 9.69 Å². The summed E-state index contributed by atoms with van der Waals surface area (Å²) in [5.41, 5.74) is 2.70. The van der Waals surface area contributed by atoms with Crippen LogP contribution in [-0.2, 0) is 29.0 Å². The van der Waals surface area contributed by atoms with Crippen molar-refractivity contribution >= 4 is 16.9 Å². The van der Waals surface area contributed by atoms with Gasteiger partial charge in [0.05, 0.1) is 24.5 Å². The molecule has 7 nitrogen and oxygen atoms in total. The number of carbonyl (C=O) groups excluding carboxylic acids is 1. The lowest BCUT2D eigenvalue weighted by Gasteiger charge is -2.30. The van der Waals surface area contributed by atoms with Gasteiger partial charge in [-0.15, -0.1) is 0 Å². The van der Waals surface area contributed by atoms with Crippen LogP contribution in [0.4, 0.5) is 0 Å². The zero-order chi connectivity index (χ0) is 21.3. The van der Waals surface area contributed by atoms with Crippen LogP contribution in [0.25, 0.3) is 11.0 Å². The fraction of sp³-hybridized carbons (Fsp3) is 0.391. The molecule has 0 spiro atoms. The largest absolute Gasteiger partial charge is 0.477 e. The maximum absolute atomic E-state index is 12.1. The minimum Gasteiger partial charge on any atom is -0.477 e. The highest BCUT2D eigenvalue weighted by Gasteiger charge is 2.26. The summed E-state index contributed by atoms with van der Waals surface area (Å²) in [5, 5.41) is 0.851. The summed E-state index contributed by atoms with van der Waals surface area (Å²) < 4.78 is 22.4. The third-order valence-corrected chi connectivity index (χ3v) is 5.06. The molecule has 1 aromatic carbocycles. The molecule has 0 atom stereocenters. The molecule has 0 bridgehead atoms. The van der Waals surface area contributed by atoms with Crippen molar-refractivity contribution in [2.45, 2.75) is 52.8 Å². The number of nitrogens with zero attached hydrogens (tertiary/aromatic N) is 1. The number of rotatable bonds is 6. The van der Waals surface area contributed by atoms with Crippen LogP contribution in [0.15, 0.2) is 44.2 Å². The Morgan fingerprint density at radius 3 is 2.87 bits per heavy atom. The topological polar surface area (TPSA) is 82.1 Å². The number of hydrogen-bond donors (Lipinski definition) is 0. The molecular weight excluding hydrogens is 386 g/mol. The minimum atomic E-state index is -0.390. The van der Waals surface area contributed by atoms with E-state index >= 15 is 0 Å². The summed E-state index contributed by atoms with van der Waals surface area (Å²) in [5.74, 6) is 1.27. The first kappa shape index (κ1) is 20.2. The van der Waals surface area contributed by atoms with Gasteiger partial charge < -0.3 is 18.3 Å². The summed E-state index contributed by atoms with van der Waals surface area (Å²) in [6.45, 7) is 7.04. The van der Waals surface area contributed by atoms with Gasteiger partial charge in [0.1, 0.15) is 23.8 Å². The van der Waals surface area contributed by atoms with E-state index in [0.29, 0.717) is 37.6 Å². The van der Waals surface area contributed by atoms with Gasteiger partial charge in [0.2, 0.25) is 0 Å². The number of ether oxygens (including phenoxy) is 2. The molecule has 7 heteroatoms. The maximum atomic E-state index is 12.1. The van der Waals surface area contributed by atoms with Gasteiger partial charge in [-0.1, -0.05) is 0 Å². The lowest BCUT2D eigenvalue weighted by Crippen LogP contribution is -2.32. The molecule has 0 amide bonds. The molecular formula is C23H25NO6. The molecule has 0 fully saturated rings. The van der Waals surface area contributed by atoms with E-state index in [4.69, 9.17) is 18.3 Å². The van der Waals surface area contributed by atoms with E-state index in [9.17, 15) is 9.59 Å². The molecule has 0 saturated carbocycles. The van der Waals surface area contributed by atoms with Crippen molar-refractivity contribution in [3.05, 3.63) is 63.4 Å². The van der Waals surface area contributed by atoms with Crippen molar-refractivity contribution in [2.24, 2.45) is 0 Å². The van der Waals surface area contributed by atoms with E-state index in [-0.39, 0.29) is 18.5 Å². The van der Waals surface area contributed by atoms with Crippen molar-refractivity contribution in [3.8, 4) is 5.75 Å². The van der Waals surface area contributed by atoms with Crippen molar-refractivity contribution in [1.29, 1.82) is 0 Å². The van der Waals surface area contributed by atoms with E-state index in [0.717, 1.165) is 27.8 Å². The predicted octanol–water partition coefficient (Wildman–Crippen LogP) is 3.93. The summed E-state index contributed by atoms with van der Waals surface area (Å²) >= 11 is 0. The Morgan fingerprint density at radius 2 is 2.13 bits per heavy atom. The molecule has 30 heavy (non-hydrogen) atoms. The Labute approximate surface area is 174 Å². The van der Waals surface area contributed by atoms with Gasteiger partial charge in [-0.05, 0) is 56.5 Å². The fourth-order valence-corrected chi connectivity index (χ4v) is 3.78. The molecule has 0 unspecified atom stereocenters. The Kier molecular flexibility index (Phi) is 5.63. The Bertz CT molecular complexity index is 1110. The van der Waals surface area contributed by atoms with E-state index in [1.165, 1.54) is 6.07 Å². The fourth-order valence-electron chi connectivity index (χ4n) is 3.78. The normalized spacial score (nSPS) is 14.0. The van der Waals surface area contributed by atoms with Crippen LogP contribution in [0, 0.1) is 6.92 Å². The van der Waals surface area contributed by atoms with Crippen molar-refractivity contribution in [2.75, 3.05) is 6.73 Å². The van der Waals surface area contributed by atoms with Crippen LogP contribution in [0.1, 0.15) is 42.7 Å². The molecule has 158 valence electrons. The monoisotopic (exact) mass is 411 g/mol. The van der Waals surface area contributed by atoms with Gasteiger partial charge in [0, 0.05) is 24.4 Å². The first-order chi connectivity index (χ1) is 14.4. The van der Waals surface area contributed by atoms with Gasteiger partial charge in [0.15, 0.2) is 0 Å². The number of benzene rings is 1. The first-order valence-corrected chi connectivity index (χ1v) is 10.1. The third kappa shape index (κ3) is 4.26. The van der Waals surface area contributed by atoms with E-state index in [1.807, 2.05) is 39.0 Å². The van der Waals surface area contributed by atoms with Crippen molar-refractivity contribution < 1.29 is 23.1 Å². The van der Waals surface area contributed by atoms with Gasteiger partial charge in [-0.25, -0.2) is 4.79 Å². The molecule has 1 aliphatic heterocycles. The number of hydrogen-bond acceptors (Lipinski definition) is 7. The van der Waals surface area contributed by atoms with Crippen LogP contribution < -0.4 is 10.4 Å². The molecule has 0 aliphatic carbocycles. The van der Waals surface area contributed by atoms with E-state index < -0.39 is 5.63 Å². The SMILES string of the molecule is Cc1cc(=O)oc2c3c(c(CCC(=O)OC(C)C)cc12)OCN(Cc1ccco1)C3. The van der Waals surface area contributed by atoms with Crippen LogP contribution in [0.3, 0.4) is 0 Å². The lowest BCUT2D eigenvalue weighted by molar-refractivity contribution is -0.147. The zero-order valence-corrected chi connectivity index (χ0v) is 17.4. The Morgan fingerprint density at radius 1 is 1.30 bits per heavy atom. The zero-order valence-electron chi connectivity index (χ0n) is 17.4. The molecule has 4 rings (SSSR count). The second-order valence-corrected chi connectivity index (χ2v) is 7.85. The molecule has 3 heterocycles. The van der Waals surface area contributed by atoms with Gasteiger partial charge >= 0.3 is 11.6 Å². The van der Waals surface area contributed by atoms with E-state index in [1.54, 1.807) is 6.26 Å². The number of furan rings is 1. The highest BCUT2D eigenvalue weighted by atomic mass is 16.5. The van der Waals surface area contributed by atoms with E-state index in [2.05, 4.69) is 4.90 Å². The quantitative estimate of drug-likeness (QED) is 0.449. The molecule has 2 aromatic heterocycles. The van der Waals surface area contributed by atoms with Gasteiger partial charge in [-0.2, -0.15) is 0 Å². The highest BCUT2D eigenvalue weighted by molar-refractivity contribution is 5.86. The molecule has 0 saturated heterocycles. The molecule has 0 radical (unpaired) electrons. The Hall–Kier alpha value is -3.06. The number of fused-ring (bicyclic) bond motifs is 3. The predicted molar refractivity (Wildman–Crippen MR) is 110 cm³/mol. The van der Waals surface area contributed by atoms with Crippen molar-refractivity contribution in [1.82, 2.24) is 4.90 Å². The van der Waals surface area contributed by atoms with Crippen molar-refractivity contribution in [3.63, 3.8) is 0 Å². The first-order valence-electron chi connectivity index (χ1n) is 10.1. The number of carbonyl (C=O) groups is 1. The third-order valence-electron chi connectivity index (χ3n) is 5.06. The summed E-state index contributed by atoms with van der Waals surface area (Å²) in [6, 6.07) is 7.20.